The molecular formula is C9H9BrN2O2. The molecule has 2 rings (SSSR count). The number of hydrogen-bond acceptors (Lipinski definition) is 3. The minimum absolute atomic E-state index is 0.236. The van der Waals surface area contributed by atoms with E-state index in [1.54, 1.807) is 13.2 Å². The second kappa shape index (κ2) is 3.57. The molecule has 1 aromatic heterocycles. The summed E-state index contributed by atoms with van der Waals surface area (Å²) in [5.74, 6) is 0. The van der Waals surface area contributed by atoms with E-state index >= 15 is 0 Å². The normalized spacial score (nSPS) is 21.1. The van der Waals surface area contributed by atoms with Crippen LogP contribution in [0.3, 0.4) is 0 Å². The van der Waals surface area contributed by atoms with E-state index in [9.17, 15) is 4.79 Å². The third-order valence-electron chi connectivity index (χ3n) is 2.07. The molecule has 0 spiro atoms. The number of carbonyl (C=O) groups is 1. The van der Waals surface area contributed by atoms with E-state index < -0.39 is 0 Å². The molecule has 1 aromatic rings. The molecule has 2 heterocycles. The Morgan fingerprint density at radius 3 is 2.93 bits per heavy atom. The summed E-state index contributed by atoms with van der Waals surface area (Å²) in [6, 6.07) is 3.73. The first-order chi connectivity index (χ1) is 6.66. The summed E-state index contributed by atoms with van der Waals surface area (Å²) >= 11 is 3.30. The van der Waals surface area contributed by atoms with Crippen molar-refractivity contribution in [2.24, 2.45) is 0 Å². The largest absolute Gasteiger partial charge is 0.438 e. The molecule has 1 aliphatic heterocycles. The van der Waals surface area contributed by atoms with Gasteiger partial charge in [0.15, 0.2) is 6.10 Å². The number of ether oxygens (including phenoxy) is 1. The number of cyclic esters (lactones) is 1. The maximum atomic E-state index is 11.1. The van der Waals surface area contributed by atoms with Crippen molar-refractivity contribution in [2.45, 2.75) is 6.10 Å². The van der Waals surface area contributed by atoms with E-state index in [-0.39, 0.29) is 12.2 Å². The Labute approximate surface area is 90.0 Å². The van der Waals surface area contributed by atoms with Crippen molar-refractivity contribution in [3.8, 4) is 0 Å². The molecule has 0 aliphatic carbocycles. The van der Waals surface area contributed by atoms with E-state index in [1.807, 2.05) is 12.1 Å². The number of carbonyl (C=O) groups excluding carboxylic acids is 1. The third-order valence-corrected chi connectivity index (χ3v) is 2.54. The smallest absolute Gasteiger partial charge is 0.410 e. The van der Waals surface area contributed by atoms with Crippen molar-refractivity contribution in [3.05, 3.63) is 28.5 Å². The second-order valence-electron chi connectivity index (χ2n) is 3.15. The Hall–Kier alpha value is -1.10. The minimum Gasteiger partial charge on any atom is -0.438 e. The van der Waals surface area contributed by atoms with Crippen molar-refractivity contribution in [1.29, 1.82) is 0 Å². The number of nitrogens with zero attached hydrogens (tertiary/aromatic N) is 2. The standard InChI is InChI=1S/C9H9BrN2O2/c1-12-5-8(14-9(12)13)7-3-2-6(10)4-11-7/h2-4,8H,5H2,1H3/t8-/m1/s1. The van der Waals surface area contributed by atoms with Gasteiger partial charge in [0.05, 0.1) is 12.2 Å². The van der Waals surface area contributed by atoms with Crippen LogP contribution in [0.4, 0.5) is 4.79 Å². The van der Waals surface area contributed by atoms with Crippen LogP contribution in [0.15, 0.2) is 22.8 Å². The molecule has 0 radical (unpaired) electrons. The fraction of sp³-hybridized carbons (Fsp3) is 0.333. The predicted octanol–water partition coefficient (Wildman–Crippen LogP) is 1.97. The number of amides is 1. The second-order valence-corrected chi connectivity index (χ2v) is 4.07. The van der Waals surface area contributed by atoms with Gasteiger partial charge in [0.2, 0.25) is 0 Å². The molecule has 14 heavy (non-hydrogen) atoms. The van der Waals surface area contributed by atoms with Crippen molar-refractivity contribution >= 4 is 22.0 Å². The van der Waals surface area contributed by atoms with Gasteiger partial charge in [-0.05, 0) is 28.1 Å². The summed E-state index contributed by atoms with van der Waals surface area (Å²) in [5.41, 5.74) is 0.783. The van der Waals surface area contributed by atoms with Gasteiger partial charge < -0.3 is 9.64 Å². The molecule has 1 amide bonds. The van der Waals surface area contributed by atoms with Gasteiger partial charge >= 0.3 is 6.09 Å². The van der Waals surface area contributed by atoms with Crippen molar-refractivity contribution in [2.75, 3.05) is 13.6 Å². The van der Waals surface area contributed by atoms with E-state index in [4.69, 9.17) is 4.74 Å². The van der Waals surface area contributed by atoms with Gasteiger partial charge in [0.1, 0.15) is 0 Å². The van der Waals surface area contributed by atoms with Gasteiger partial charge in [0, 0.05) is 17.7 Å². The van der Waals surface area contributed by atoms with E-state index in [0.29, 0.717) is 6.54 Å². The SMILES string of the molecule is CN1C[C@H](c2ccc(Br)cn2)OC1=O. The van der Waals surface area contributed by atoms with Crippen LogP contribution in [-0.2, 0) is 4.74 Å². The Morgan fingerprint density at radius 2 is 2.43 bits per heavy atom. The molecule has 0 aromatic carbocycles. The molecular weight excluding hydrogens is 248 g/mol. The average Bonchev–Trinajstić information content (AvgIpc) is 2.48. The van der Waals surface area contributed by atoms with Gasteiger partial charge in [-0.25, -0.2) is 4.79 Å². The van der Waals surface area contributed by atoms with Gasteiger partial charge in [-0.2, -0.15) is 0 Å². The lowest BCUT2D eigenvalue weighted by molar-refractivity contribution is 0.133. The summed E-state index contributed by atoms with van der Waals surface area (Å²) in [6.45, 7) is 0.563. The highest BCUT2D eigenvalue weighted by Crippen LogP contribution is 2.23. The zero-order chi connectivity index (χ0) is 10.1. The first-order valence-corrected chi connectivity index (χ1v) is 4.99. The lowest BCUT2D eigenvalue weighted by Crippen LogP contribution is -2.17. The van der Waals surface area contributed by atoms with E-state index in [1.165, 1.54) is 4.90 Å². The number of pyridine rings is 1. The van der Waals surface area contributed by atoms with Crippen LogP contribution in [0, 0.1) is 0 Å². The summed E-state index contributed by atoms with van der Waals surface area (Å²) < 4.78 is 6.02. The van der Waals surface area contributed by atoms with Crippen molar-refractivity contribution in [1.82, 2.24) is 9.88 Å². The first kappa shape index (κ1) is 9.45. The number of halogens is 1. The molecule has 4 nitrogen and oxygen atoms in total. The lowest BCUT2D eigenvalue weighted by Gasteiger charge is -2.06. The minimum atomic E-state index is -0.292. The van der Waals surface area contributed by atoms with Crippen molar-refractivity contribution in [3.63, 3.8) is 0 Å². The summed E-state index contributed by atoms with van der Waals surface area (Å²) in [4.78, 5) is 16.8. The van der Waals surface area contributed by atoms with Gasteiger partial charge in [-0.15, -0.1) is 0 Å². The van der Waals surface area contributed by atoms with Crippen LogP contribution in [0.2, 0.25) is 0 Å². The van der Waals surface area contributed by atoms with Crippen LogP contribution < -0.4 is 0 Å². The summed E-state index contributed by atoms with van der Waals surface area (Å²) in [6.07, 6.45) is 1.17. The van der Waals surface area contributed by atoms with E-state index in [0.717, 1.165) is 10.2 Å². The molecule has 0 saturated carbocycles. The van der Waals surface area contributed by atoms with Crippen LogP contribution in [0.25, 0.3) is 0 Å². The monoisotopic (exact) mass is 256 g/mol. The third kappa shape index (κ3) is 1.72. The van der Waals surface area contributed by atoms with Crippen LogP contribution in [0.5, 0.6) is 0 Å². The average molecular weight is 257 g/mol. The molecule has 1 atom stereocenters. The first-order valence-electron chi connectivity index (χ1n) is 4.20. The van der Waals surface area contributed by atoms with Gasteiger partial charge in [0.25, 0.3) is 0 Å². The quantitative estimate of drug-likeness (QED) is 0.772. The highest BCUT2D eigenvalue weighted by atomic mass is 79.9. The Morgan fingerprint density at radius 1 is 1.64 bits per heavy atom. The van der Waals surface area contributed by atoms with Crippen LogP contribution >= 0.6 is 15.9 Å². The molecule has 0 bridgehead atoms. The Bertz CT molecular complexity index is 352. The van der Waals surface area contributed by atoms with Gasteiger partial charge in [-0.1, -0.05) is 0 Å². The van der Waals surface area contributed by atoms with Crippen LogP contribution in [-0.4, -0.2) is 29.6 Å². The zero-order valence-electron chi connectivity index (χ0n) is 7.61. The highest BCUT2D eigenvalue weighted by molar-refractivity contribution is 9.10. The molecule has 1 fully saturated rings. The molecule has 74 valence electrons. The van der Waals surface area contributed by atoms with Crippen LogP contribution in [0.1, 0.15) is 11.8 Å². The lowest BCUT2D eigenvalue weighted by atomic mass is 10.2. The molecule has 0 N–H and O–H groups in total. The number of likely N-dealkylation sites (N-methyl/N-ethyl adjacent to an activating group) is 1. The molecule has 1 saturated heterocycles. The fourth-order valence-electron chi connectivity index (χ4n) is 1.30. The summed E-state index contributed by atoms with van der Waals surface area (Å²) in [7, 11) is 1.71. The zero-order valence-corrected chi connectivity index (χ0v) is 9.19. The predicted molar refractivity (Wildman–Crippen MR) is 53.8 cm³/mol. The molecule has 5 heteroatoms. The van der Waals surface area contributed by atoms with E-state index in [2.05, 4.69) is 20.9 Å². The topological polar surface area (TPSA) is 42.4 Å². The number of aromatic nitrogens is 1. The maximum Gasteiger partial charge on any atom is 0.410 e. The Balaban J connectivity index is 2.17. The summed E-state index contributed by atoms with van der Waals surface area (Å²) in [5, 5.41) is 0. The number of hydrogen-bond donors (Lipinski definition) is 0. The fourth-order valence-corrected chi connectivity index (χ4v) is 1.54. The molecule has 1 aliphatic rings. The highest BCUT2D eigenvalue weighted by Gasteiger charge is 2.30. The van der Waals surface area contributed by atoms with Gasteiger partial charge in [-0.3, -0.25) is 4.98 Å². The number of rotatable bonds is 1. The Kier molecular flexibility index (Phi) is 2.41. The van der Waals surface area contributed by atoms with Crippen molar-refractivity contribution < 1.29 is 9.53 Å². The molecule has 0 unspecified atom stereocenters. The maximum absolute atomic E-state index is 11.1.